The van der Waals surface area contributed by atoms with E-state index in [9.17, 15) is 28.8 Å². The number of amides is 5. The summed E-state index contributed by atoms with van der Waals surface area (Å²) < 4.78 is 13.7. The van der Waals surface area contributed by atoms with E-state index in [1.807, 2.05) is 36.2 Å². The Morgan fingerprint density at radius 3 is 2.68 bits per heavy atom. The number of carbonyl (C=O) groups excluding carboxylic acids is 6. The summed E-state index contributed by atoms with van der Waals surface area (Å²) in [5.41, 5.74) is 4.12. The molecule has 1 fully saturated rings. The second kappa shape index (κ2) is 22.2. The molecular formula is C46H51Cl2N11O8S. The number of methoxy groups -OCH3 is 1. The third-order valence-corrected chi connectivity index (χ3v) is 13.2. The topological polar surface area (TPSA) is 223 Å². The molecule has 358 valence electrons. The molecule has 3 N–H and O–H groups in total. The van der Waals surface area contributed by atoms with Gasteiger partial charge in [-0.1, -0.05) is 41.9 Å². The van der Waals surface area contributed by atoms with E-state index in [-0.39, 0.29) is 86.9 Å². The van der Waals surface area contributed by atoms with Gasteiger partial charge in [-0.15, -0.1) is 28.8 Å². The van der Waals surface area contributed by atoms with Crippen LogP contribution in [0.5, 0.6) is 5.75 Å². The molecule has 0 radical (unpaired) electrons. The van der Waals surface area contributed by atoms with E-state index in [1.54, 1.807) is 60.3 Å². The maximum Gasteiger partial charge on any atom is 0.255 e. The van der Waals surface area contributed by atoms with Crippen LogP contribution in [0, 0.1) is 0 Å². The van der Waals surface area contributed by atoms with Crippen molar-refractivity contribution < 1.29 is 38.2 Å². The van der Waals surface area contributed by atoms with Crippen LogP contribution in [0.4, 0.5) is 17.2 Å². The second-order valence-corrected chi connectivity index (χ2v) is 18.1. The number of aryl methyl sites for hydroxylation is 1. The van der Waals surface area contributed by atoms with Crippen molar-refractivity contribution in [2.24, 2.45) is 0 Å². The third kappa shape index (κ3) is 11.2. The number of piperidine rings is 1. The first kappa shape index (κ1) is 49.6. The highest BCUT2D eigenvalue weighted by molar-refractivity contribution is 7.16. The molecule has 19 nitrogen and oxygen atoms in total. The summed E-state index contributed by atoms with van der Waals surface area (Å²) in [5, 5.41) is 16.8. The number of benzene rings is 2. The van der Waals surface area contributed by atoms with Crippen molar-refractivity contribution in [3.8, 4) is 5.75 Å². The van der Waals surface area contributed by atoms with Gasteiger partial charge in [-0.05, 0) is 43.2 Å². The molecule has 2 aromatic carbocycles. The van der Waals surface area contributed by atoms with E-state index < -0.39 is 11.9 Å². The number of imide groups is 1. The average molecular weight is 989 g/mol. The molecular weight excluding hydrogens is 938 g/mol. The number of anilines is 3. The van der Waals surface area contributed by atoms with Gasteiger partial charge in [-0.2, -0.15) is 0 Å². The van der Waals surface area contributed by atoms with Crippen LogP contribution in [0.1, 0.15) is 80.8 Å². The number of likely N-dealkylation sites (N-methyl/N-ethyl adjacent to an activating group) is 1. The van der Waals surface area contributed by atoms with E-state index in [2.05, 4.69) is 31.2 Å². The van der Waals surface area contributed by atoms with Gasteiger partial charge in [-0.25, -0.2) is 9.97 Å². The van der Waals surface area contributed by atoms with E-state index in [4.69, 9.17) is 26.1 Å². The maximum atomic E-state index is 13.3. The standard InChI is InChI=1S/C46H50ClN11O8S.ClH/c1-4-34-46(64)55(2)36-22-49-40(51-43(36)57(34)24-30-11-14-39(47)67-30)21-28-9-8-27(20-38(28)65-3)37(59)13-10-29-23-56(54-53-29)18-16-48-17-19-66-26-42(61)50-33-7-5-6-31-32(33)25-58(45(31)63)35-12-15-41(60)52-44(35)62;/h5-9,11,14,20,22-23,34-35,48H,4,10,12-13,15-19,21,24-26H2,1-3H3,(H,50,61)(H,52,60,62);1H/t34-,35?;/m1./s1. The molecule has 0 bridgehead atoms. The van der Waals surface area contributed by atoms with E-state index in [1.165, 1.54) is 16.2 Å². The molecule has 68 heavy (non-hydrogen) atoms. The van der Waals surface area contributed by atoms with Gasteiger partial charge in [0.1, 0.15) is 36.0 Å². The predicted molar refractivity (Wildman–Crippen MR) is 256 cm³/mol. The second-order valence-electron chi connectivity index (χ2n) is 16.3. The number of ketones is 1. The minimum Gasteiger partial charge on any atom is -0.496 e. The monoisotopic (exact) mass is 987 g/mol. The fraction of sp³-hybridized carbons (Fsp3) is 0.391. The Labute approximate surface area is 407 Å². The number of hydrogen-bond donors (Lipinski definition) is 3. The van der Waals surface area contributed by atoms with Crippen LogP contribution in [-0.2, 0) is 56.4 Å². The molecule has 5 aromatic rings. The Balaban J connectivity index is 0.00000684. The Morgan fingerprint density at radius 2 is 1.91 bits per heavy atom. The highest BCUT2D eigenvalue weighted by Gasteiger charge is 2.40. The summed E-state index contributed by atoms with van der Waals surface area (Å²) in [5.74, 6) is 0.117. The van der Waals surface area contributed by atoms with Crippen LogP contribution < -0.4 is 30.5 Å². The number of ether oxygens (including phenoxy) is 2. The smallest absolute Gasteiger partial charge is 0.255 e. The maximum absolute atomic E-state index is 13.3. The molecule has 3 aliphatic heterocycles. The summed E-state index contributed by atoms with van der Waals surface area (Å²) in [6, 6.07) is 13.1. The van der Waals surface area contributed by atoms with Gasteiger partial charge < -0.3 is 34.8 Å². The molecule has 1 saturated heterocycles. The number of thiophene rings is 1. The highest BCUT2D eigenvalue weighted by atomic mass is 35.5. The van der Waals surface area contributed by atoms with Crippen molar-refractivity contribution in [2.45, 2.75) is 77.2 Å². The van der Waals surface area contributed by atoms with E-state index >= 15 is 0 Å². The SMILES string of the molecule is CC[C@@H]1C(=O)N(C)c2cnc(Cc3ccc(C(=O)CCc4cn(CCNCCOCC(=O)Nc5cccc6c5CN(C5CCC(=O)NC5=O)C6=O)nn4)cc3OC)nc2N1Cc1ccc(Cl)s1.Cl. The lowest BCUT2D eigenvalue weighted by molar-refractivity contribution is -0.137. The zero-order chi connectivity index (χ0) is 47.2. The van der Waals surface area contributed by atoms with Crippen LogP contribution in [-0.4, -0.2) is 118 Å². The number of fused-ring (bicyclic) bond motifs is 2. The number of hydrogen-bond acceptors (Lipinski definition) is 15. The van der Waals surface area contributed by atoms with Gasteiger partial charge >= 0.3 is 0 Å². The van der Waals surface area contributed by atoms with Crippen molar-refractivity contribution in [2.75, 3.05) is 55.6 Å². The molecule has 3 aliphatic rings. The lowest BCUT2D eigenvalue weighted by atomic mass is 10.0. The molecule has 6 heterocycles. The first-order valence-electron chi connectivity index (χ1n) is 22.0. The summed E-state index contributed by atoms with van der Waals surface area (Å²) in [6.07, 6.45) is 5.47. The quantitative estimate of drug-likeness (QED) is 0.0560. The van der Waals surface area contributed by atoms with Gasteiger partial charge in [0.05, 0.1) is 43.0 Å². The minimum absolute atomic E-state index is 0. The van der Waals surface area contributed by atoms with E-state index in [0.29, 0.717) is 101 Å². The molecule has 22 heteroatoms. The largest absolute Gasteiger partial charge is 0.496 e. The highest BCUT2D eigenvalue weighted by Crippen LogP contribution is 2.37. The molecule has 0 aliphatic carbocycles. The van der Waals surface area contributed by atoms with Crippen molar-refractivity contribution in [1.29, 1.82) is 0 Å². The van der Waals surface area contributed by atoms with Crippen molar-refractivity contribution >= 4 is 87.9 Å². The van der Waals surface area contributed by atoms with Gasteiger partial charge in [0.15, 0.2) is 11.6 Å². The summed E-state index contributed by atoms with van der Waals surface area (Å²) in [6.45, 7) is 4.25. The fourth-order valence-corrected chi connectivity index (χ4v) is 9.53. The number of aromatic nitrogens is 5. The molecule has 0 saturated carbocycles. The normalized spacial score (nSPS) is 16.6. The molecule has 2 atom stereocenters. The number of carbonyl (C=O) groups is 6. The van der Waals surface area contributed by atoms with Crippen LogP contribution in [0.25, 0.3) is 0 Å². The summed E-state index contributed by atoms with van der Waals surface area (Å²) in [4.78, 5) is 92.1. The van der Waals surface area contributed by atoms with Crippen LogP contribution in [0.15, 0.2) is 60.9 Å². The minimum atomic E-state index is -0.748. The average Bonchev–Trinajstić information content (AvgIpc) is 4.05. The number of rotatable bonds is 20. The number of Topliss-reactive ketones (excluding diaryl/α,β-unsaturated/α-hetero) is 1. The van der Waals surface area contributed by atoms with Crippen molar-refractivity contribution in [3.05, 3.63) is 104 Å². The third-order valence-electron chi connectivity index (χ3n) is 11.9. The molecule has 5 amide bonds. The van der Waals surface area contributed by atoms with Crippen LogP contribution in [0.2, 0.25) is 4.34 Å². The lowest BCUT2D eigenvalue weighted by Crippen LogP contribution is -2.52. The number of nitrogens with one attached hydrogen (secondary N) is 3. The zero-order valence-corrected chi connectivity index (χ0v) is 40.0. The number of nitrogens with zero attached hydrogens (tertiary/aromatic N) is 8. The summed E-state index contributed by atoms with van der Waals surface area (Å²) >= 11 is 7.70. The molecule has 8 rings (SSSR count). The fourth-order valence-electron chi connectivity index (χ4n) is 8.44. The van der Waals surface area contributed by atoms with Gasteiger partial charge in [-0.3, -0.25) is 38.8 Å². The van der Waals surface area contributed by atoms with Crippen molar-refractivity contribution in [3.63, 3.8) is 0 Å². The molecule has 1 unspecified atom stereocenters. The van der Waals surface area contributed by atoms with Crippen molar-refractivity contribution in [1.82, 2.24) is 40.5 Å². The van der Waals surface area contributed by atoms with Gasteiger partial charge in [0.25, 0.3) is 5.91 Å². The Kier molecular flexibility index (Phi) is 16.2. The van der Waals surface area contributed by atoms with Crippen LogP contribution in [0.3, 0.4) is 0 Å². The Hall–Kier alpha value is -6.32. The lowest BCUT2D eigenvalue weighted by Gasteiger charge is -2.40. The summed E-state index contributed by atoms with van der Waals surface area (Å²) in [7, 11) is 3.30. The van der Waals surface area contributed by atoms with Crippen LogP contribution >= 0.6 is 35.3 Å². The van der Waals surface area contributed by atoms with Gasteiger partial charge in [0, 0.05) is 91.4 Å². The van der Waals surface area contributed by atoms with E-state index in [0.717, 1.165) is 10.4 Å². The molecule has 3 aromatic heterocycles. The molecule has 0 spiro atoms. The first-order valence-corrected chi connectivity index (χ1v) is 23.2. The first-order chi connectivity index (χ1) is 32.4. The van der Waals surface area contributed by atoms with Gasteiger partial charge in [0.2, 0.25) is 23.6 Å². The predicted octanol–water partition coefficient (Wildman–Crippen LogP) is 4.39. The number of halogens is 2. The Morgan fingerprint density at radius 1 is 1.07 bits per heavy atom. The Bertz CT molecular complexity index is 2710. The zero-order valence-electron chi connectivity index (χ0n) is 37.7.